The summed E-state index contributed by atoms with van der Waals surface area (Å²) in [5.74, 6) is -0.446. The van der Waals surface area contributed by atoms with Gasteiger partial charge in [0.25, 0.3) is 11.8 Å². The molecule has 3 amide bonds. The second-order valence-electron chi connectivity index (χ2n) is 13.6. The minimum atomic E-state index is -2.98. The van der Waals surface area contributed by atoms with Gasteiger partial charge in [0.2, 0.25) is 5.91 Å². The van der Waals surface area contributed by atoms with Crippen LogP contribution in [0.2, 0.25) is 23.7 Å². The first-order valence-corrected chi connectivity index (χ1v) is 19.7. The number of halogens is 1. The molecular weight excluding hydrogens is 650 g/mol. The van der Waals surface area contributed by atoms with Crippen LogP contribution in [0, 0.1) is 5.92 Å². The van der Waals surface area contributed by atoms with Crippen LogP contribution in [0.5, 0.6) is 5.75 Å². The fraction of sp³-hybridized carbons (Fsp3) is 0.417. The highest BCUT2D eigenvalue weighted by atomic mass is 35.5. The van der Waals surface area contributed by atoms with E-state index in [4.69, 9.17) is 21.1 Å². The van der Waals surface area contributed by atoms with Gasteiger partial charge in [-0.15, -0.1) is 0 Å². The number of nitrogens with zero attached hydrogens (tertiary/aromatic N) is 2. The van der Waals surface area contributed by atoms with E-state index < -0.39 is 31.5 Å². The van der Waals surface area contributed by atoms with Crippen molar-refractivity contribution in [1.82, 2.24) is 4.90 Å². The zero-order valence-electron chi connectivity index (χ0n) is 27.6. The van der Waals surface area contributed by atoms with E-state index in [-0.39, 0.29) is 43.3 Å². The predicted octanol–water partition coefficient (Wildman–Crippen LogP) is 5.32. The summed E-state index contributed by atoms with van der Waals surface area (Å²) in [5, 5.41) is 13.2. The van der Waals surface area contributed by atoms with Crippen molar-refractivity contribution in [2.75, 3.05) is 30.5 Å². The van der Waals surface area contributed by atoms with Crippen LogP contribution >= 0.6 is 11.6 Å². The lowest BCUT2D eigenvalue weighted by Gasteiger charge is -2.32. The number of nitrogens with one attached hydrogen (secondary N) is 1. The highest BCUT2D eigenvalue weighted by molar-refractivity contribution is 6.71. The molecule has 0 bridgehead atoms. The lowest BCUT2D eigenvalue weighted by molar-refractivity contribution is -0.150. The Morgan fingerprint density at radius 3 is 2.46 bits per heavy atom. The molecule has 3 aliphatic heterocycles. The van der Waals surface area contributed by atoms with Gasteiger partial charge in [0.15, 0.2) is 13.9 Å². The van der Waals surface area contributed by atoms with Gasteiger partial charge in [-0.2, -0.15) is 0 Å². The van der Waals surface area contributed by atoms with Crippen molar-refractivity contribution in [3.8, 4) is 5.75 Å². The maximum atomic E-state index is 14.7. The van der Waals surface area contributed by atoms with Crippen LogP contribution in [0.15, 0.2) is 66.7 Å². The van der Waals surface area contributed by atoms with Crippen LogP contribution in [0.3, 0.4) is 0 Å². The van der Waals surface area contributed by atoms with Gasteiger partial charge in [0.1, 0.15) is 5.75 Å². The maximum Gasteiger partial charge on any atom is 0.264 e. The summed E-state index contributed by atoms with van der Waals surface area (Å²) in [6.07, 6.45) is 0.884. The third-order valence-corrected chi connectivity index (χ3v) is 12.9. The molecule has 2 saturated heterocycles. The van der Waals surface area contributed by atoms with E-state index in [1.54, 1.807) is 65.4 Å². The number of aliphatic hydroxyl groups is 1. The number of methoxy groups -OCH3 is 1. The number of fused-ring (bicyclic) bond motifs is 2. The number of hydrogen-bond acceptors (Lipinski definition) is 7. The van der Waals surface area contributed by atoms with E-state index in [1.165, 1.54) is 0 Å². The molecule has 48 heavy (non-hydrogen) atoms. The molecule has 3 N–H and O–H groups in total. The second-order valence-corrected chi connectivity index (χ2v) is 18.0. The van der Waals surface area contributed by atoms with Crippen LogP contribution in [0.25, 0.3) is 0 Å². The number of anilines is 2. The Bertz CT molecular complexity index is 1700. The summed E-state index contributed by atoms with van der Waals surface area (Å²) in [6.45, 7) is 6.28. The molecule has 0 aromatic heterocycles. The Kier molecular flexibility index (Phi) is 9.45. The summed E-state index contributed by atoms with van der Waals surface area (Å²) in [4.78, 5) is 56.0. The van der Waals surface area contributed by atoms with Crippen molar-refractivity contribution in [3.63, 3.8) is 0 Å². The Morgan fingerprint density at radius 2 is 1.81 bits per heavy atom. The summed E-state index contributed by atoms with van der Waals surface area (Å²) >= 11 is 6.52. The van der Waals surface area contributed by atoms with Crippen molar-refractivity contribution in [2.24, 2.45) is 5.92 Å². The van der Waals surface area contributed by atoms with Crippen molar-refractivity contribution in [3.05, 3.63) is 88.4 Å². The van der Waals surface area contributed by atoms with E-state index in [2.05, 4.69) is 5.32 Å². The van der Waals surface area contributed by atoms with Crippen molar-refractivity contribution in [1.29, 1.82) is 0 Å². The minimum Gasteiger partial charge on any atom is -0.497 e. The quantitative estimate of drug-likeness (QED) is 0.259. The minimum absolute atomic E-state index is 0.0110. The molecule has 0 unspecified atom stereocenters. The molecular formula is C36H42ClN3O7Si. The number of likely N-dealkylation sites (tertiary alicyclic amines) is 1. The number of carbonyl (C=O) groups excluding carboxylic acids is 3. The molecule has 5 atom stereocenters. The lowest BCUT2D eigenvalue weighted by atomic mass is 9.82. The van der Waals surface area contributed by atoms with Crippen molar-refractivity contribution in [2.45, 2.75) is 69.1 Å². The number of hydrogen-bond donors (Lipinski definition) is 3. The average Bonchev–Trinajstić information content (AvgIpc) is 3.72. The van der Waals surface area contributed by atoms with Gasteiger partial charge in [0.05, 0.1) is 44.5 Å². The monoisotopic (exact) mass is 691 g/mol. The first-order valence-electron chi connectivity index (χ1n) is 16.3. The third-order valence-electron chi connectivity index (χ3n) is 10.1. The number of ether oxygens (including phenoxy) is 2. The van der Waals surface area contributed by atoms with Gasteiger partial charge in [-0.25, -0.2) is 0 Å². The van der Waals surface area contributed by atoms with Gasteiger partial charge in [0, 0.05) is 39.8 Å². The predicted molar refractivity (Wildman–Crippen MR) is 186 cm³/mol. The molecule has 0 saturated carbocycles. The lowest BCUT2D eigenvalue weighted by Crippen LogP contribution is -2.46. The standard InChI is InChI=1S/C36H42ClN3O7Si/c1-22-33(48(3,4)45)31(19-32(42)39-17-5-6-27(39)21-41)47-36(22)29-18-25(37)11-16-30(29)40(35(36)44)20-23-7-12-26(13-8-23)38-34(43)24-9-14-28(46-2)15-10-24/h7-16,18,22,27,31,33,41,45H,5-6,17,19-21H2,1-4H3,(H,38,43)/t22-,27+,31+,33-,36+/m1/s1. The average molecular weight is 692 g/mol. The molecule has 254 valence electrons. The molecule has 3 aliphatic rings. The highest BCUT2D eigenvalue weighted by Gasteiger charge is 2.66. The van der Waals surface area contributed by atoms with Gasteiger partial charge in [-0.1, -0.05) is 30.7 Å². The van der Waals surface area contributed by atoms with Crippen LogP contribution < -0.4 is 15.0 Å². The van der Waals surface area contributed by atoms with Crippen molar-refractivity contribution >= 4 is 49.0 Å². The summed E-state index contributed by atoms with van der Waals surface area (Å²) < 4.78 is 12.0. The Hall–Kier alpha value is -3.74. The van der Waals surface area contributed by atoms with Crippen LogP contribution in [-0.4, -0.2) is 73.2 Å². The first-order chi connectivity index (χ1) is 22.9. The largest absolute Gasteiger partial charge is 0.497 e. The van der Waals surface area contributed by atoms with E-state index >= 15 is 0 Å². The summed E-state index contributed by atoms with van der Waals surface area (Å²) in [7, 11) is -1.41. The van der Waals surface area contributed by atoms with Gasteiger partial charge >= 0.3 is 0 Å². The molecule has 3 heterocycles. The smallest absolute Gasteiger partial charge is 0.264 e. The molecule has 6 rings (SSSR count). The Labute approximate surface area is 286 Å². The van der Waals surface area contributed by atoms with Crippen molar-refractivity contribution < 1.29 is 33.8 Å². The highest BCUT2D eigenvalue weighted by Crippen LogP contribution is 2.60. The van der Waals surface area contributed by atoms with E-state index in [1.807, 2.05) is 38.2 Å². The number of benzene rings is 3. The molecule has 12 heteroatoms. The van der Waals surface area contributed by atoms with Crippen LogP contribution in [0.4, 0.5) is 11.4 Å². The molecule has 2 fully saturated rings. The number of aliphatic hydroxyl groups excluding tert-OH is 1. The molecule has 3 aromatic rings. The molecule has 0 radical (unpaired) electrons. The first kappa shape index (κ1) is 34.1. The summed E-state index contributed by atoms with van der Waals surface area (Å²) in [5.41, 5.74) is 1.38. The number of rotatable bonds is 9. The molecule has 10 nitrogen and oxygen atoms in total. The topological polar surface area (TPSA) is 129 Å². The number of carbonyl (C=O) groups is 3. The SMILES string of the molecule is COc1ccc(C(=O)Nc2ccc(CN3C(=O)[C@@]4(O[C@@H](CC(=O)N5CCC[C@H]5CO)[C@H]([Si](C)(C)O)[C@H]4C)c4cc(Cl)ccc43)cc2)cc1. The maximum absolute atomic E-state index is 14.7. The second kappa shape index (κ2) is 13.3. The van der Waals surface area contributed by atoms with E-state index in [0.717, 1.165) is 18.4 Å². The van der Waals surface area contributed by atoms with Crippen LogP contribution in [-0.2, 0) is 26.5 Å². The zero-order chi connectivity index (χ0) is 34.4. The molecule has 3 aromatic carbocycles. The van der Waals surface area contributed by atoms with Gasteiger partial charge in [-0.05, 0) is 86.1 Å². The Morgan fingerprint density at radius 1 is 1.10 bits per heavy atom. The third kappa shape index (κ3) is 6.14. The normalized spacial score (nSPS) is 25.1. The van der Waals surface area contributed by atoms with Gasteiger partial charge in [-0.3, -0.25) is 14.4 Å². The molecule has 1 spiro atoms. The summed E-state index contributed by atoms with van der Waals surface area (Å²) in [6, 6.07) is 19.2. The zero-order valence-corrected chi connectivity index (χ0v) is 29.4. The molecule has 0 aliphatic carbocycles. The van der Waals surface area contributed by atoms with E-state index in [9.17, 15) is 24.3 Å². The number of amides is 3. The fourth-order valence-corrected chi connectivity index (χ4v) is 10.6. The Balaban J connectivity index is 1.26. The fourth-order valence-electron chi connectivity index (χ4n) is 7.87. The van der Waals surface area contributed by atoms with E-state index in [0.29, 0.717) is 39.8 Å². The van der Waals surface area contributed by atoms with Crippen LogP contribution in [0.1, 0.15) is 47.7 Å². The van der Waals surface area contributed by atoms with Gasteiger partial charge < -0.3 is 34.5 Å².